The first kappa shape index (κ1) is 42.5. The molecule has 0 aliphatic heterocycles. The van der Waals surface area contributed by atoms with E-state index in [0.29, 0.717) is 69.6 Å². The first-order chi connectivity index (χ1) is 25.7. The highest BCUT2D eigenvalue weighted by molar-refractivity contribution is 6.06. The van der Waals surface area contributed by atoms with Crippen molar-refractivity contribution < 1.29 is 33.6 Å². The molecule has 0 spiro atoms. The number of carboxylic acid groups (broad SMARTS) is 1. The van der Waals surface area contributed by atoms with E-state index in [4.69, 9.17) is 34.9 Å². The number of hydrogen-bond donors (Lipinski definition) is 5. The van der Waals surface area contributed by atoms with E-state index in [1.165, 1.54) is 11.2 Å². The molecule has 288 valence electrons. The van der Waals surface area contributed by atoms with Gasteiger partial charge in [-0.15, -0.1) is 0 Å². The van der Waals surface area contributed by atoms with Gasteiger partial charge in [0.15, 0.2) is 5.84 Å². The zero-order chi connectivity index (χ0) is 38.1. The van der Waals surface area contributed by atoms with Gasteiger partial charge in [-0.3, -0.25) is 20.4 Å². The van der Waals surface area contributed by atoms with Crippen molar-refractivity contribution in [1.82, 2.24) is 20.2 Å². The van der Waals surface area contributed by atoms with Crippen molar-refractivity contribution in [2.45, 2.75) is 64.3 Å². The van der Waals surface area contributed by atoms with Crippen LogP contribution in [0.25, 0.3) is 0 Å². The standard InChI is InChI=1S/C39H55N7O7/c1-30(45-39(49)32-13-10-14-33(26-32)43-28-36(40)46(2)38(41)35-17-18-42-29-44-35)31-12-11-15-34(27-31)53-21-9-4-3-7-19-50-22-24-52-25-23-51-20-8-5-6-16-37(47)48/h10-15,17-18,26-27,29-30,40-41,43H,3-9,16,19-25,28H2,1-2H3,(H,45,49)(H,47,48)/t30-/m0/s1. The van der Waals surface area contributed by atoms with Gasteiger partial charge in [0.25, 0.3) is 5.91 Å². The summed E-state index contributed by atoms with van der Waals surface area (Å²) in [7, 11) is 1.64. The number of likely N-dealkylation sites (N-methyl/N-ethyl adjacent to an activating group) is 1. The van der Waals surface area contributed by atoms with E-state index in [-0.39, 0.29) is 36.6 Å². The molecule has 3 aromatic rings. The number of carbonyl (C=O) groups is 2. The summed E-state index contributed by atoms with van der Waals surface area (Å²) in [4.78, 5) is 33.0. The predicted molar refractivity (Wildman–Crippen MR) is 204 cm³/mol. The molecule has 3 rings (SSSR count). The van der Waals surface area contributed by atoms with Crippen LogP contribution in [0.15, 0.2) is 67.1 Å². The number of aromatic nitrogens is 2. The third-order valence-electron chi connectivity index (χ3n) is 8.23. The quantitative estimate of drug-likeness (QED) is 0.0354. The smallest absolute Gasteiger partial charge is 0.303 e. The Kier molecular flexibility index (Phi) is 20.1. The van der Waals surface area contributed by atoms with Gasteiger partial charge < -0.3 is 39.6 Å². The highest BCUT2D eigenvalue weighted by Crippen LogP contribution is 2.21. The second-order valence-corrected chi connectivity index (χ2v) is 12.5. The third-order valence-corrected chi connectivity index (χ3v) is 8.23. The molecule has 0 fully saturated rings. The number of anilines is 1. The summed E-state index contributed by atoms with van der Waals surface area (Å²) >= 11 is 0. The number of ether oxygens (including phenoxy) is 4. The minimum Gasteiger partial charge on any atom is -0.494 e. The van der Waals surface area contributed by atoms with Crippen LogP contribution in [-0.4, -0.2) is 103 Å². The molecule has 53 heavy (non-hydrogen) atoms. The SMILES string of the molecule is C[C@H](NC(=O)c1cccc(NCC(=N)N(C)C(=N)c2ccncn2)c1)c1cccc(OCCCCCCOCCOCCOCCCCCC(=O)O)c1. The van der Waals surface area contributed by atoms with Crippen molar-refractivity contribution in [3.8, 4) is 5.75 Å². The Morgan fingerprint density at radius 3 is 2.17 bits per heavy atom. The van der Waals surface area contributed by atoms with Gasteiger partial charge >= 0.3 is 5.97 Å². The molecule has 0 bridgehead atoms. The Bertz CT molecular complexity index is 1540. The Morgan fingerprint density at radius 1 is 0.830 bits per heavy atom. The monoisotopic (exact) mass is 733 g/mol. The van der Waals surface area contributed by atoms with Crippen LogP contribution in [0.3, 0.4) is 0 Å². The van der Waals surface area contributed by atoms with Crippen LogP contribution in [0.5, 0.6) is 5.75 Å². The van der Waals surface area contributed by atoms with Crippen LogP contribution >= 0.6 is 0 Å². The maximum Gasteiger partial charge on any atom is 0.303 e. The van der Waals surface area contributed by atoms with E-state index in [1.807, 2.05) is 37.3 Å². The molecule has 2 aromatic carbocycles. The van der Waals surface area contributed by atoms with Crippen LogP contribution in [0.1, 0.15) is 85.9 Å². The molecule has 5 N–H and O–H groups in total. The van der Waals surface area contributed by atoms with Crippen LogP contribution < -0.4 is 15.4 Å². The molecule has 1 amide bonds. The zero-order valence-electron chi connectivity index (χ0n) is 31.0. The molecule has 0 saturated heterocycles. The van der Waals surface area contributed by atoms with Gasteiger partial charge in [-0.05, 0) is 81.0 Å². The molecular formula is C39H55N7O7. The second-order valence-electron chi connectivity index (χ2n) is 12.5. The molecule has 0 unspecified atom stereocenters. The summed E-state index contributed by atoms with van der Waals surface area (Å²) in [5, 5.41) is 31.5. The maximum atomic E-state index is 13.1. The first-order valence-electron chi connectivity index (χ1n) is 18.2. The number of amides is 1. The van der Waals surface area contributed by atoms with Gasteiger partial charge in [-0.2, -0.15) is 0 Å². The summed E-state index contributed by atoms with van der Waals surface area (Å²) in [5.74, 6) is 0.0547. The summed E-state index contributed by atoms with van der Waals surface area (Å²) in [6.45, 7) is 6.18. The Morgan fingerprint density at radius 2 is 1.49 bits per heavy atom. The van der Waals surface area contributed by atoms with E-state index in [2.05, 4.69) is 20.6 Å². The molecule has 14 nitrogen and oxygen atoms in total. The van der Waals surface area contributed by atoms with Gasteiger partial charge in [-0.1, -0.05) is 31.0 Å². The lowest BCUT2D eigenvalue weighted by atomic mass is 10.1. The molecule has 0 aliphatic carbocycles. The van der Waals surface area contributed by atoms with Crippen molar-refractivity contribution in [3.63, 3.8) is 0 Å². The van der Waals surface area contributed by atoms with Crippen molar-refractivity contribution in [2.24, 2.45) is 0 Å². The van der Waals surface area contributed by atoms with Crippen molar-refractivity contribution in [1.29, 1.82) is 10.8 Å². The number of nitrogens with one attached hydrogen (secondary N) is 4. The van der Waals surface area contributed by atoms with Crippen molar-refractivity contribution >= 4 is 29.2 Å². The molecule has 0 radical (unpaired) electrons. The molecule has 1 heterocycles. The fourth-order valence-corrected chi connectivity index (χ4v) is 5.10. The number of carbonyl (C=O) groups excluding carboxylic acids is 1. The van der Waals surface area contributed by atoms with E-state index in [9.17, 15) is 9.59 Å². The van der Waals surface area contributed by atoms with E-state index >= 15 is 0 Å². The lowest BCUT2D eigenvalue weighted by molar-refractivity contribution is -0.137. The molecule has 1 atom stereocenters. The van der Waals surface area contributed by atoms with Crippen molar-refractivity contribution in [2.75, 3.05) is 65.2 Å². The number of rotatable bonds is 27. The fourth-order valence-electron chi connectivity index (χ4n) is 5.10. The van der Waals surface area contributed by atoms with Gasteiger partial charge in [0.2, 0.25) is 0 Å². The van der Waals surface area contributed by atoms with Crippen LogP contribution in [-0.2, 0) is 19.0 Å². The lowest BCUT2D eigenvalue weighted by Gasteiger charge is -2.21. The first-order valence-corrected chi connectivity index (χ1v) is 18.2. The number of amidine groups is 2. The summed E-state index contributed by atoms with van der Waals surface area (Å²) in [5.41, 5.74) is 2.53. The average molecular weight is 734 g/mol. The number of carboxylic acids is 1. The number of benzene rings is 2. The molecular weight excluding hydrogens is 678 g/mol. The largest absolute Gasteiger partial charge is 0.494 e. The van der Waals surface area contributed by atoms with Crippen LogP contribution in [0, 0.1) is 10.8 Å². The highest BCUT2D eigenvalue weighted by atomic mass is 16.5. The normalized spacial score (nSPS) is 11.4. The number of unbranched alkanes of at least 4 members (excludes halogenated alkanes) is 5. The Hall–Kier alpha value is -4.92. The van der Waals surface area contributed by atoms with Crippen LogP contribution in [0.2, 0.25) is 0 Å². The highest BCUT2D eigenvalue weighted by Gasteiger charge is 2.15. The maximum absolute atomic E-state index is 13.1. The minimum absolute atomic E-state index is 0.0901. The number of hydrogen-bond acceptors (Lipinski definition) is 11. The Labute approximate surface area is 312 Å². The summed E-state index contributed by atoms with van der Waals surface area (Å²) in [6.07, 6.45) is 9.56. The fraction of sp³-hybridized carbons (Fsp3) is 0.487. The summed E-state index contributed by atoms with van der Waals surface area (Å²) < 4.78 is 22.6. The van der Waals surface area contributed by atoms with E-state index in [0.717, 1.165) is 49.8 Å². The second kappa shape index (κ2) is 25.1. The Balaban J connectivity index is 1.24. The molecule has 14 heteroatoms. The van der Waals surface area contributed by atoms with Gasteiger partial charge in [0.05, 0.1) is 45.6 Å². The van der Waals surface area contributed by atoms with Gasteiger partial charge in [-0.25, -0.2) is 9.97 Å². The molecule has 1 aromatic heterocycles. The molecule has 0 aliphatic rings. The summed E-state index contributed by atoms with van der Waals surface area (Å²) in [6, 6.07) is 16.2. The van der Waals surface area contributed by atoms with E-state index < -0.39 is 5.97 Å². The third kappa shape index (κ3) is 17.4. The predicted octanol–water partition coefficient (Wildman–Crippen LogP) is 5.95. The minimum atomic E-state index is -0.751. The topological polar surface area (TPSA) is 192 Å². The van der Waals surface area contributed by atoms with Gasteiger partial charge in [0.1, 0.15) is 23.6 Å². The number of aliphatic carboxylic acids is 1. The molecule has 0 saturated carbocycles. The number of nitrogens with zero attached hydrogens (tertiary/aromatic N) is 3. The van der Waals surface area contributed by atoms with Crippen LogP contribution in [0.4, 0.5) is 5.69 Å². The van der Waals surface area contributed by atoms with E-state index in [1.54, 1.807) is 37.5 Å². The lowest BCUT2D eigenvalue weighted by Crippen LogP contribution is -2.37. The van der Waals surface area contributed by atoms with Crippen molar-refractivity contribution in [3.05, 3.63) is 83.9 Å². The zero-order valence-corrected chi connectivity index (χ0v) is 31.0. The average Bonchev–Trinajstić information content (AvgIpc) is 3.17. The van der Waals surface area contributed by atoms with Gasteiger partial charge in [0, 0.05) is 44.1 Å².